The molecule has 2 unspecified atom stereocenters. The maximum atomic E-state index is 10.4. The van der Waals surface area contributed by atoms with Gasteiger partial charge in [-0.2, -0.15) is 0 Å². The predicted octanol–water partition coefficient (Wildman–Crippen LogP) is 3.09. The van der Waals surface area contributed by atoms with Crippen LogP contribution in [0.25, 0.3) is 0 Å². The Kier molecular flexibility index (Phi) is 3.20. The van der Waals surface area contributed by atoms with E-state index in [2.05, 4.69) is 13.8 Å². The van der Waals surface area contributed by atoms with Crippen molar-refractivity contribution in [2.45, 2.75) is 38.7 Å². The second-order valence-corrected chi connectivity index (χ2v) is 4.61. The molecule has 2 nitrogen and oxygen atoms in total. The van der Waals surface area contributed by atoms with E-state index in [0.29, 0.717) is 5.92 Å². The number of rotatable bonds is 5. The van der Waals surface area contributed by atoms with Crippen LogP contribution < -0.4 is 4.74 Å². The first-order valence-electron chi connectivity index (χ1n) is 6.16. The van der Waals surface area contributed by atoms with Crippen LogP contribution in [-0.2, 0) is 5.60 Å². The van der Waals surface area contributed by atoms with E-state index in [1.54, 1.807) is 0 Å². The maximum absolute atomic E-state index is 10.4. The van der Waals surface area contributed by atoms with Crippen LogP contribution in [0.5, 0.6) is 5.75 Å². The number of ether oxygens (including phenoxy) is 1. The Bertz CT molecular complexity index is 362. The summed E-state index contributed by atoms with van der Waals surface area (Å²) >= 11 is 0. The maximum Gasteiger partial charge on any atom is 0.119 e. The molecule has 16 heavy (non-hydrogen) atoms. The minimum absolute atomic E-state index is 0.425. The largest absolute Gasteiger partial charge is 0.494 e. The van der Waals surface area contributed by atoms with Crippen molar-refractivity contribution in [1.82, 2.24) is 0 Å². The quantitative estimate of drug-likeness (QED) is 0.826. The highest BCUT2D eigenvalue weighted by Crippen LogP contribution is 2.53. The Hall–Kier alpha value is -1.02. The lowest BCUT2D eigenvalue weighted by atomic mass is 10.0. The van der Waals surface area contributed by atoms with Crippen molar-refractivity contribution in [3.05, 3.63) is 29.8 Å². The molecule has 0 amide bonds. The molecule has 1 aromatic carbocycles. The van der Waals surface area contributed by atoms with Crippen molar-refractivity contribution >= 4 is 0 Å². The van der Waals surface area contributed by atoms with Gasteiger partial charge in [-0.25, -0.2) is 0 Å². The smallest absolute Gasteiger partial charge is 0.119 e. The van der Waals surface area contributed by atoms with Crippen molar-refractivity contribution in [1.29, 1.82) is 0 Å². The summed E-state index contributed by atoms with van der Waals surface area (Å²) in [4.78, 5) is 0. The molecular formula is C14H20O2. The molecule has 0 saturated heterocycles. The van der Waals surface area contributed by atoms with Crippen molar-refractivity contribution < 1.29 is 9.84 Å². The first kappa shape index (κ1) is 11.5. The Morgan fingerprint density at radius 1 is 1.44 bits per heavy atom. The van der Waals surface area contributed by atoms with Gasteiger partial charge in [0.05, 0.1) is 12.2 Å². The van der Waals surface area contributed by atoms with Crippen LogP contribution in [0.3, 0.4) is 0 Å². The van der Waals surface area contributed by atoms with Crippen molar-refractivity contribution in [2.24, 2.45) is 5.92 Å². The van der Waals surface area contributed by atoms with Gasteiger partial charge in [-0.15, -0.1) is 0 Å². The summed E-state index contributed by atoms with van der Waals surface area (Å²) in [5.74, 6) is 1.29. The zero-order valence-corrected chi connectivity index (χ0v) is 10.1. The predicted molar refractivity (Wildman–Crippen MR) is 64.5 cm³/mol. The molecule has 1 N–H and O–H groups in total. The van der Waals surface area contributed by atoms with Crippen molar-refractivity contribution in [3.63, 3.8) is 0 Å². The van der Waals surface area contributed by atoms with E-state index in [0.717, 1.165) is 37.2 Å². The average molecular weight is 220 g/mol. The average Bonchev–Trinajstić information content (AvgIpc) is 3.00. The van der Waals surface area contributed by atoms with Crippen LogP contribution in [0, 0.1) is 5.92 Å². The molecule has 88 valence electrons. The monoisotopic (exact) mass is 220 g/mol. The molecule has 0 radical (unpaired) electrons. The second-order valence-electron chi connectivity index (χ2n) is 4.61. The normalized spacial score (nSPS) is 27.8. The SMILES string of the molecule is CCCOc1cccc(C2(O)CC2CC)c1. The van der Waals surface area contributed by atoms with Crippen molar-refractivity contribution in [3.8, 4) is 5.75 Å². The molecule has 1 aliphatic rings. The third-order valence-corrected chi connectivity index (χ3v) is 3.37. The van der Waals surface area contributed by atoms with Crippen LogP contribution in [0.15, 0.2) is 24.3 Å². The summed E-state index contributed by atoms with van der Waals surface area (Å²) in [6, 6.07) is 7.88. The number of hydrogen-bond donors (Lipinski definition) is 1. The third-order valence-electron chi connectivity index (χ3n) is 3.37. The van der Waals surface area contributed by atoms with Gasteiger partial charge in [0.2, 0.25) is 0 Å². The van der Waals surface area contributed by atoms with Gasteiger partial charge < -0.3 is 9.84 Å². The topological polar surface area (TPSA) is 29.5 Å². The summed E-state index contributed by atoms with van der Waals surface area (Å²) < 4.78 is 5.58. The molecular weight excluding hydrogens is 200 g/mol. The molecule has 2 heteroatoms. The zero-order chi connectivity index (χ0) is 11.6. The molecule has 2 atom stereocenters. The third kappa shape index (κ3) is 2.07. The molecule has 0 aromatic heterocycles. The fourth-order valence-corrected chi connectivity index (χ4v) is 2.23. The molecule has 0 bridgehead atoms. The van der Waals surface area contributed by atoms with Gasteiger partial charge in [0.1, 0.15) is 5.75 Å². The molecule has 1 aliphatic carbocycles. The van der Waals surface area contributed by atoms with Gasteiger partial charge in [0, 0.05) is 0 Å². The second kappa shape index (κ2) is 4.46. The van der Waals surface area contributed by atoms with E-state index in [9.17, 15) is 5.11 Å². The molecule has 0 spiro atoms. The Morgan fingerprint density at radius 3 is 2.88 bits per heavy atom. The lowest BCUT2D eigenvalue weighted by molar-refractivity contribution is 0.130. The first-order valence-corrected chi connectivity index (χ1v) is 6.16. The Labute approximate surface area is 97.3 Å². The fourth-order valence-electron chi connectivity index (χ4n) is 2.23. The van der Waals surface area contributed by atoms with E-state index in [1.807, 2.05) is 24.3 Å². The summed E-state index contributed by atoms with van der Waals surface area (Å²) in [6.45, 7) is 4.95. The highest BCUT2D eigenvalue weighted by Gasteiger charge is 2.52. The fraction of sp³-hybridized carbons (Fsp3) is 0.571. The van der Waals surface area contributed by atoms with Crippen LogP contribution in [0.1, 0.15) is 38.7 Å². The lowest BCUT2D eigenvalue weighted by Crippen LogP contribution is -2.08. The molecule has 2 rings (SSSR count). The van der Waals surface area contributed by atoms with Gasteiger partial charge >= 0.3 is 0 Å². The van der Waals surface area contributed by atoms with Crippen LogP contribution in [0.2, 0.25) is 0 Å². The van der Waals surface area contributed by atoms with E-state index < -0.39 is 5.60 Å². The van der Waals surface area contributed by atoms with E-state index in [-0.39, 0.29) is 0 Å². The summed E-state index contributed by atoms with van der Waals surface area (Å²) in [5, 5.41) is 10.4. The minimum Gasteiger partial charge on any atom is -0.494 e. The van der Waals surface area contributed by atoms with E-state index >= 15 is 0 Å². The molecule has 1 fully saturated rings. The van der Waals surface area contributed by atoms with E-state index in [1.165, 1.54) is 0 Å². The van der Waals surface area contributed by atoms with Gasteiger partial charge in [-0.1, -0.05) is 32.4 Å². The van der Waals surface area contributed by atoms with E-state index in [4.69, 9.17) is 4.74 Å². The first-order chi connectivity index (χ1) is 7.70. The van der Waals surface area contributed by atoms with Gasteiger partial charge in [0.25, 0.3) is 0 Å². The molecule has 0 heterocycles. The molecule has 1 saturated carbocycles. The minimum atomic E-state index is -0.583. The van der Waals surface area contributed by atoms with Gasteiger partial charge in [0.15, 0.2) is 0 Å². The zero-order valence-electron chi connectivity index (χ0n) is 10.1. The number of hydrogen-bond acceptors (Lipinski definition) is 2. The standard InChI is InChI=1S/C14H20O2/c1-3-8-16-13-7-5-6-12(9-13)14(15)10-11(14)4-2/h5-7,9,11,15H,3-4,8,10H2,1-2H3. The van der Waals surface area contributed by atoms with Crippen LogP contribution >= 0.6 is 0 Å². The Morgan fingerprint density at radius 2 is 2.25 bits per heavy atom. The lowest BCUT2D eigenvalue weighted by Gasteiger charge is -2.12. The van der Waals surface area contributed by atoms with Gasteiger partial charge in [-0.3, -0.25) is 0 Å². The molecule has 1 aromatic rings. The van der Waals surface area contributed by atoms with Crippen molar-refractivity contribution in [2.75, 3.05) is 6.61 Å². The summed E-state index contributed by atoms with van der Waals surface area (Å²) in [6.07, 6.45) is 2.93. The van der Waals surface area contributed by atoms with Crippen LogP contribution in [0.4, 0.5) is 0 Å². The number of aliphatic hydroxyl groups is 1. The number of benzene rings is 1. The van der Waals surface area contributed by atoms with Gasteiger partial charge in [-0.05, 0) is 36.5 Å². The summed E-state index contributed by atoms with van der Waals surface area (Å²) in [5.41, 5.74) is 0.424. The van der Waals surface area contributed by atoms with Crippen LogP contribution in [-0.4, -0.2) is 11.7 Å². The highest BCUT2D eigenvalue weighted by atomic mass is 16.5. The molecule has 0 aliphatic heterocycles. The Balaban J connectivity index is 2.11. The summed E-state index contributed by atoms with van der Waals surface area (Å²) in [7, 11) is 0. The highest BCUT2D eigenvalue weighted by molar-refractivity contribution is 5.36.